The lowest BCUT2D eigenvalue weighted by Gasteiger charge is -2.26. The number of carbonyl (C=O) groups is 3. The average Bonchev–Trinajstić information content (AvgIpc) is 3.35. The van der Waals surface area contributed by atoms with E-state index in [4.69, 9.17) is 0 Å². The highest BCUT2D eigenvalue weighted by Crippen LogP contribution is 2.39. The number of benzene rings is 3. The van der Waals surface area contributed by atoms with Crippen molar-refractivity contribution in [1.82, 2.24) is 10.2 Å². The Morgan fingerprint density at radius 2 is 1.67 bits per heavy atom. The van der Waals surface area contributed by atoms with E-state index < -0.39 is 16.8 Å². The van der Waals surface area contributed by atoms with E-state index in [0.29, 0.717) is 28.1 Å². The zero-order valence-corrected chi connectivity index (χ0v) is 23.9. The number of rotatable bonds is 10. The zero-order valence-electron chi connectivity index (χ0n) is 23.9. The van der Waals surface area contributed by atoms with E-state index in [-0.39, 0.29) is 30.1 Å². The number of esters is 1. The van der Waals surface area contributed by atoms with Crippen LogP contribution in [0, 0.1) is 10.1 Å². The lowest BCUT2D eigenvalue weighted by Crippen LogP contribution is -2.29. The molecule has 3 aromatic carbocycles. The Kier molecular flexibility index (Phi) is 9.11. The lowest BCUT2D eigenvalue weighted by molar-refractivity contribution is -0.384. The molecule has 11 heteroatoms. The largest absolute Gasteiger partial charge is 0.469 e. The molecule has 0 aliphatic carbocycles. The van der Waals surface area contributed by atoms with Crippen LogP contribution in [0.3, 0.4) is 0 Å². The minimum atomic E-state index is -0.498. The number of non-ortho nitro benzene ring substituents is 1. The van der Waals surface area contributed by atoms with Crippen molar-refractivity contribution in [1.29, 1.82) is 0 Å². The van der Waals surface area contributed by atoms with Crippen molar-refractivity contribution in [2.24, 2.45) is 0 Å². The van der Waals surface area contributed by atoms with E-state index in [1.165, 1.54) is 50.1 Å². The van der Waals surface area contributed by atoms with E-state index in [1.54, 1.807) is 24.3 Å². The van der Waals surface area contributed by atoms with Crippen molar-refractivity contribution in [2.45, 2.75) is 32.2 Å². The molecule has 0 saturated carbocycles. The van der Waals surface area contributed by atoms with E-state index in [1.807, 2.05) is 12.1 Å². The summed E-state index contributed by atoms with van der Waals surface area (Å²) in [4.78, 5) is 50.7. The number of likely N-dealkylation sites (tertiary alicyclic amines) is 1. The fourth-order valence-corrected chi connectivity index (χ4v) is 5.28. The molecule has 0 aromatic heterocycles. The average molecular weight is 584 g/mol. The first-order chi connectivity index (χ1) is 20.8. The number of hydrogen-bond acceptors (Lipinski definition) is 8. The Morgan fingerprint density at radius 1 is 0.977 bits per heavy atom. The monoisotopic (exact) mass is 583 g/mol. The molecule has 0 radical (unpaired) electrons. The Morgan fingerprint density at radius 3 is 2.35 bits per heavy atom. The van der Waals surface area contributed by atoms with E-state index in [2.05, 4.69) is 37.7 Å². The molecule has 0 unspecified atom stereocenters. The van der Waals surface area contributed by atoms with Gasteiger partial charge in [-0.15, -0.1) is 0 Å². The highest BCUT2D eigenvalue weighted by molar-refractivity contribution is 6.37. The topological polar surface area (TPSA) is 143 Å². The number of ether oxygens (including phenoxy) is 1. The maximum absolute atomic E-state index is 13.3. The Hall–Kier alpha value is -5.03. The van der Waals surface area contributed by atoms with Gasteiger partial charge in [0.15, 0.2) is 0 Å². The van der Waals surface area contributed by atoms with Crippen LogP contribution in [0.1, 0.15) is 52.7 Å². The maximum atomic E-state index is 13.3. The minimum Gasteiger partial charge on any atom is -0.469 e. The molecule has 1 fully saturated rings. The molecule has 1 saturated heterocycles. The third-order valence-corrected chi connectivity index (χ3v) is 7.56. The Bertz CT molecular complexity index is 1560. The fourth-order valence-electron chi connectivity index (χ4n) is 5.28. The standard InChI is InChI=1S/C32H33N5O6/c1-43-28(38)15-16-33-31(39)23-9-7-22(8-10-23)30(29-26-19-25(37(41)42)13-14-27(26)35-32(29)40)34-24-11-5-21(6-12-24)20-36-17-3-2-4-18-36/h5-14,19,34H,2-4,15-18,20H2,1H3,(H,33,39)(H,35,40). The molecular formula is C32H33N5O6. The number of nitro benzene ring substituents is 1. The third-order valence-electron chi connectivity index (χ3n) is 7.56. The van der Waals surface area contributed by atoms with Gasteiger partial charge < -0.3 is 20.7 Å². The summed E-state index contributed by atoms with van der Waals surface area (Å²) < 4.78 is 4.60. The summed E-state index contributed by atoms with van der Waals surface area (Å²) in [7, 11) is 1.29. The van der Waals surface area contributed by atoms with Gasteiger partial charge in [0.05, 0.1) is 29.7 Å². The smallest absolute Gasteiger partial charge is 0.307 e. The SMILES string of the molecule is COC(=O)CCNC(=O)c1ccc(C(Nc2ccc(CN3CCCCC3)cc2)=C2C(=O)Nc3ccc([N+](=O)[O-])cc32)cc1. The first-order valence-electron chi connectivity index (χ1n) is 14.2. The second-order valence-electron chi connectivity index (χ2n) is 10.5. The summed E-state index contributed by atoms with van der Waals surface area (Å²) in [5.41, 5.74) is 4.35. The molecule has 0 atom stereocenters. The summed E-state index contributed by atoms with van der Waals surface area (Å²) in [5, 5.41) is 20.4. The van der Waals surface area contributed by atoms with E-state index >= 15 is 0 Å². The summed E-state index contributed by atoms with van der Waals surface area (Å²) >= 11 is 0. The molecule has 2 amide bonds. The van der Waals surface area contributed by atoms with Crippen LogP contribution in [0.2, 0.25) is 0 Å². The van der Waals surface area contributed by atoms with Gasteiger partial charge in [-0.25, -0.2) is 0 Å². The number of carbonyl (C=O) groups excluding carboxylic acids is 3. The van der Waals surface area contributed by atoms with Crippen LogP contribution in [0.15, 0.2) is 66.7 Å². The molecule has 3 N–H and O–H groups in total. The normalized spacial score (nSPS) is 15.7. The van der Waals surface area contributed by atoms with Gasteiger partial charge in [-0.05, 0) is 67.4 Å². The molecular weight excluding hydrogens is 550 g/mol. The number of piperidine rings is 1. The van der Waals surface area contributed by atoms with Crippen molar-refractivity contribution >= 4 is 46.1 Å². The molecule has 3 aromatic rings. The van der Waals surface area contributed by atoms with Gasteiger partial charge in [0.1, 0.15) is 0 Å². The van der Waals surface area contributed by atoms with Crippen LogP contribution in [0.25, 0.3) is 11.3 Å². The van der Waals surface area contributed by atoms with Gasteiger partial charge >= 0.3 is 5.97 Å². The van der Waals surface area contributed by atoms with Crippen LogP contribution >= 0.6 is 0 Å². The molecule has 2 heterocycles. The van der Waals surface area contributed by atoms with Gasteiger partial charge in [-0.2, -0.15) is 0 Å². The number of fused-ring (bicyclic) bond motifs is 1. The highest BCUT2D eigenvalue weighted by atomic mass is 16.6. The van der Waals surface area contributed by atoms with Crippen molar-refractivity contribution in [3.05, 3.63) is 99.1 Å². The molecule has 2 aliphatic rings. The summed E-state index contributed by atoms with van der Waals surface area (Å²) in [6.07, 6.45) is 3.76. The molecule has 11 nitrogen and oxygen atoms in total. The summed E-state index contributed by atoms with van der Waals surface area (Å²) in [5.74, 6) is -1.18. The van der Waals surface area contributed by atoms with Crippen molar-refractivity contribution in [3.63, 3.8) is 0 Å². The fraction of sp³-hybridized carbons (Fsp3) is 0.281. The number of nitro groups is 1. The zero-order chi connectivity index (χ0) is 30.3. The number of methoxy groups -OCH3 is 1. The van der Waals surface area contributed by atoms with Gasteiger partial charge in [0, 0.05) is 47.7 Å². The first-order valence-corrected chi connectivity index (χ1v) is 14.2. The van der Waals surface area contributed by atoms with Gasteiger partial charge in [0.2, 0.25) is 0 Å². The maximum Gasteiger partial charge on any atom is 0.307 e. The molecule has 43 heavy (non-hydrogen) atoms. The van der Waals surface area contributed by atoms with Gasteiger partial charge in [-0.3, -0.25) is 29.4 Å². The van der Waals surface area contributed by atoms with Crippen LogP contribution in [0.4, 0.5) is 17.1 Å². The predicted octanol–water partition coefficient (Wildman–Crippen LogP) is 4.81. The molecule has 5 rings (SSSR count). The van der Waals surface area contributed by atoms with Crippen molar-refractivity contribution in [3.8, 4) is 0 Å². The molecule has 2 aliphatic heterocycles. The predicted molar refractivity (Wildman–Crippen MR) is 163 cm³/mol. The van der Waals surface area contributed by atoms with Gasteiger partial charge in [0.25, 0.3) is 17.5 Å². The van der Waals surface area contributed by atoms with Crippen LogP contribution < -0.4 is 16.0 Å². The minimum absolute atomic E-state index is 0.0535. The van der Waals surface area contributed by atoms with E-state index in [0.717, 1.165) is 25.3 Å². The van der Waals surface area contributed by atoms with Crippen LogP contribution in [0.5, 0.6) is 0 Å². The molecule has 222 valence electrons. The Balaban J connectivity index is 1.45. The summed E-state index contributed by atoms with van der Waals surface area (Å²) in [6, 6.07) is 18.9. The number of nitrogens with one attached hydrogen (secondary N) is 3. The quantitative estimate of drug-likeness (QED) is 0.134. The molecule has 0 spiro atoms. The molecule has 0 bridgehead atoms. The van der Waals surface area contributed by atoms with Crippen LogP contribution in [-0.4, -0.2) is 54.4 Å². The number of amides is 2. The number of hydrogen-bond donors (Lipinski definition) is 3. The first kappa shape index (κ1) is 29.5. The van der Waals surface area contributed by atoms with Crippen LogP contribution in [-0.2, 0) is 20.9 Å². The van der Waals surface area contributed by atoms with Crippen molar-refractivity contribution in [2.75, 3.05) is 37.4 Å². The van der Waals surface area contributed by atoms with Crippen molar-refractivity contribution < 1.29 is 24.0 Å². The van der Waals surface area contributed by atoms with Gasteiger partial charge in [-0.1, -0.05) is 30.7 Å². The second kappa shape index (κ2) is 13.3. The summed E-state index contributed by atoms with van der Waals surface area (Å²) in [6.45, 7) is 3.19. The third kappa shape index (κ3) is 7.07. The highest BCUT2D eigenvalue weighted by Gasteiger charge is 2.30. The second-order valence-corrected chi connectivity index (χ2v) is 10.5. The Labute approximate surface area is 249 Å². The van der Waals surface area contributed by atoms with E-state index in [9.17, 15) is 24.5 Å². The number of nitrogens with zero attached hydrogens (tertiary/aromatic N) is 2. The number of anilines is 2. The lowest BCUT2D eigenvalue weighted by atomic mass is 9.98.